The fourth-order valence-corrected chi connectivity index (χ4v) is 3.19. The number of aromatic carboxylic acids is 1. The zero-order chi connectivity index (χ0) is 18.4. The van der Waals surface area contributed by atoms with Gasteiger partial charge in [-0.3, -0.25) is 9.59 Å². The first-order valence-electron chi connectivity index (χ1n) is 8.77. The molecule has 0 spiro atoms. The third-order valence-corrected chi connectivity index (χ3v) is 4.58. The van der Waals surface area contributed by atoms with Crippen molar-refractivity contribution in [1.29, 1.82) is 0 Å². The molecule has 1 atom stereocenters. The summed E-state index contributed by atoms with van der Waals surface area (Å²) < 4.78 is 0. The van der Waals surface area contributed by atoms with Crippen LogP contribution in [0.15, 0.2) is 24.3 Å². The normalized spacial score (nSPS) is 17.2. The molecule has 0 bridgehead atoms. The Labute approximate surface area is 148 Å². The summed E-state index contributed by atoms with van der Waals surface area (Å²) in [6.07, 6.45) is 3.01. The van der Waals surface area contributed by atoms with Gasteiger partial charge in [0.25, 0.3) is 0 Å². The van der Waals surface area contributed by atoms with Gasteiger partial charge in [0.05, 0.1) is 11.5 Å². The quantitative estimate of drug-likeness (QED) is 0.858. The maximum Gasteiger partial charge on any atom is 0.335 e. The van der Waals surface area contributed by atoms with Crippen LogP contribution in [0.5, 0.6) is 0 Å². The molecule has 0 radical (unpaired) electrons. The van der Waals surface area contributed by atoms with Crippen molar-refractivity contribution in [2.45, 2.75) is 39.2 Å². The van der Waals surface area contributed by atoms with E-state index in [1.54, 1.807) is 36.2 Å². The zero-order valence-electron chi connectivity index (χ0n) is 14.9. The van der Waals surface area contributed by atoms with Gasteiger partial charge < -0.3 is 14.9 Å². The summed E-state index contributed by atoms with van der Waals surface area (Å²) in [6, 6.07) is 6.54. The van der Waals surface area contributed by atoms with Crippen LogP contribution in [-0.4, -0.2) is 52.8 Å². The molecule has 2 rings (SSSR count). The Morgan fingerprint density at radius 3 is 2.52 bits per heavy atom. The van der Waals surface area contributed by atoms with E-state index in [1.165, 1.54) is 0 Å². The number of carbonyl (C=O) groups excluding carboxylic acids is 2. The first-order chi connectivity index (χ1) is 11.9. The van der Waals surface area contributed by atoms with E-state index in [4.69, 9.17) is 5.11 Å². The minimum absolute atomic E-state index is 0.0382. The third-order valence-electron chi connectivity index (χ3n) is 4.58. The van der Waals surface area contributed by atoms with Gasteiger partial charge in [0.15, 0.2) is 0 Å². The van der Waals surface area contributed by atoms with Gasteiger partial charge in [-0.05, 0) is 37.0 Å². The third kappa shape index (κ3) is 5.05. The van der Waals surface area contributed by atoms with Crippen LogP contribution in [0.1, 0.15) is 48.5 Å². The fraction of sp³-hybridized carbons (Fsp3) is 0.526. The van der Waals surface area contributed by atoms with Gasteiger partial charge in [0.2, 0.25) is 11.8 Å². The number of rotatable bonds is 6. The first-order valence-corrected chi connectivity index (χ1v) is 8.77. The van der Waals surface area contributed by atoms with Crippen LogP contribution in [0.2, 0.25) is 0 Å². The van der Waals surface area contributed by atoms with Crippen molar-refractivity contribution in [1.82, 2.24) is 9.80 Å². The molecule has 1 unspecified atom stereocenters. The summed E-state index contributed by atoms with van der Waals surface area (Å²) in [7, 11) is 1.75. The van der Waals surface area contributed by atoms with Crippen LogP contribution in [0.3, 0.4) is 0 Å². The average molecular weight is 346 g/mol. The summed E-state index contributed by atoms with van der Waals surface area (Å²) in [4.78, 5) is 39.1. The molecular weight excluding hydrogens is 320 g/mol. The maximum atomic E-state index is 12.7. The largest absolute Gasteiger partial charge is 0.478 e. The van der Waals surface area contributed by atoms with Crippen molar-refractivity contribution in [3.63, 3.8) is 0 Å². The Bertz CT molecular complexity index is 627. The van der Waals surface area contributed by atoms with Crippen LogP contribution in [0.4, 0.5) is 0 Å². The number of benzene rings is 1. The van der Waals surface area contributed by atoms with Crippen molar-refractivity contribution in [2.75, 3.05) is 20.1 Å². The van der Waals surface area contributed by atoms with E-state index in [0.717, 1.165) is 31.4 Å². The van der Waals surface area contributed by atoms with E-state index >= 15 is 0 Å². The van der Waals surface area contributed by atoms with Crippen LogP contribution >= 0.6 is 0 Å². The van der Waals surface area contributed by atoms with Crippen molar-refractivity contribution < 1.29 is 19.5 Å². The number of nitrogens with zero attached hydrogens (tertiary/aromatic N) is 2. The molecule has 1 saturated heterocycles. The van der Waals surface area contributed by atoms with Crippen LogP contribution in [0, 0.1) is 5.92 Å². The predicted octanol–water partition coefficient (Wildman–Crippen LogP) is 2.38. The number of hydrogen-bond acceptors (Lipinski definition) is 3. The summed E-state index contributed by atoms with van der Waals surface area (Å²) in [6.45, 7) is 3.65. The molecule has 1 aliphatic rings. The molecule has 0 saturated carbocycles. The monoisotopic (exact) mass is 346 g/mol. The fourth-order valence-electron chi connectivity index (χ4n) is 3.19. The summed E-state index contributed by atoms with van der Waals surface area (Å²) in [5.41, 5.74) is 1.12. The second kappa shape index (κ2) is 8.65. The standard InChI is InChI=1S/C19H26N2O4/c1-3-5-17(22)21-11-4-6-16(13-21)18(23)20(2)12-14-7-9-15(10-8-14)19(24)25/h7-10,16H,3-6,11-13H2,1-2H3,(H,24,25). The molecule has 1 fully saturated rings. The molecule has 1 aromatic rings. The van der Waals surface area contributed by atoms with Crippen LogP contribution in [-0.2, 0) is 16.1 Å². The van der Waals surface area contributed by atoms with Gasteiger partial charge in [-0.1, -0.05) is 19.1 Å². The van der Waals surface area contributed by atoms with E-state index < -0.39 is 5.97 Å². The maximum absolute atomic E-state index is 12.7. The summed E-state index contributed by atoms with van der Waals surface area (Å²) in [5, 5.41) is 8.93. The molecule has 1 heterocycles. The van der Waals surface area contributed by atoms with Crippen molar-refractivity contribution in [3.05, 3.63) is 35.4 Å². The SMILES string of the molecule is CCCC(=O)N1CCCC(C(=O)N(C)Cc2ccc(C(=O)O)cc2)C1. The van der Waals surface area contributed by atoms with E-state index in [9.17, 15) is 14.4 Å². The van der Waals surface area contributed by atoms with Crippen LogP contribution in [0.25, 0.3) is 0 Å². The lowest BCUT2D eigenvalue weighted by molar-refractivity contribution is -0.140. The van der Waals surface area contributed by atoms with Gasteiger partial charge in [0.1, 0.15) is 0 Å². The molecule has 1 aliphatic heterocycles. The molecule has 6 heteroatoms. The molecule has 0 aliphatic carbocycles. The number of hydrogen-bond donors (Lipinski definition) is 1. The Hall–Kier alpha value is -2.37. The van der Waals surface area contributed by atoms with Gasteiger partial charge >= 0.3 is 5.97 Å². The molecular formula is C19H26N2O4. The Kier molecular flexibility index (Phi) is 6.56. The molecule has 136 valence electrons. The van der Waals surface area contributed by atoms with Crippen molar-refractivity contribution >= 4 is 17.8 Å². The van der Waals surface area contributed by atoms with E-state index in [-0.39, 0.29) is 23.3 Å². The molecule has 6 nitrogen and oxygen atoms in total. The van der Waals surface area contributed by atoms with Crippen LogP contribution < -0.4 is 0 Å². The van der Waals surface area contributed by atoms with Crippen molar-refractivity contribution in [2.24, 2.45) is 5.92 Å². The molecule has 1 N–H and O–H groups in total. The Balaban J connectivity index is 1.94. The second-order valence-electron chi connectivity index (χ2n) is 6.63. The van der Waals surface area contributed by atoms with Gasteiger partial charge in [-0.25, -0.2) is 4.79 Å². The zero-order valence-corrected chi connectivity index (χ0v) is 14.9. The minimum Gasteiger partial charge on any atom is -0.478 e. The predicted molar refractivity (Wildman–Crippen MR) is 94.1 cm³/mol. The second-order valence-corrected chi connectivity index (χ2v) is 6.63. The van der Waals surface area contributed by atoms with Gasteiger partial charge in [-0.2, -0.15) is 0 Å². The number of amides is 2. The highest BCUT2D eigenvalue weighted by Crippen LogP contribution is 2.20. The highest BCUT2D eigenvalue weighted by atomic mass is 16.4. The lowest BCUT2D eigenvalue weighted by Gasteiger charge is -2.34. The topological polar surface area (TPSA) is 77.9 Å². The highest BCUT2D eigenvalue weighted by Gasteiger charge is 2.29. The Morgan fingerprint density at radius 2 is 1.92 bits per heavy atom. The molecule has 1 aromatic carbocycles. The average Bonchev–Trinajstić information content (AvgIpc) is 2.61. The number of carboxylic acid groups (broad SMARTS) is 1. The van der Waals surface area contributed by atoms with Gasteiger partial charge in [-0.15, -0.1) is 0 Å². The molecule has 2 amide bonds. The molecule has 0 aromatic heterocycles. The number of piperidine rings is 1. The first kappa shape index (κ1) is 19.0. The van der Waals surface area contributed by atoms with Gasteiger partial charge in [0, 0.05) is 33.1 Å². The lowest BCUT2D eigenvalue weighted by atomic mass is 9.96. The Morgan fingerprint density at radius 1 is 1.24 bits per heavy atom. The minimum atomic E-state index is -0.963. The summed E-state index contributed by atoms with van der Waals surface area (Å²) in [5.74, 6) is -0.948. The number of carbonyl (C=O) groups is 3. The highest BCUT2D eigenvalue weighted by molar-refractivity contribution is 5.87. The van der Waals surface area contributed by atoms with E-state index in [2.05, 4.69) is 0 Å². The lowest BCUT2D eigenvalue weighted by Crippen LogP contribution is -2.45. The molecule has 25 heavy (non-hydrogen) atoms. The number of carboxylic acids is 1. The van der Waals surface area contributed by atoms with E-state index in [1.807, 2.05) is 11.8 Å². The number of likely N-dealkylation sites (tertiary alicyclic amines) is 1. The summed E-state index contributed by atoms with van der Waals surface area (Å²) >= 11 is 0. The van der Waals surface area contributed by atoms with Crippen molar-refractivity contribution in [3.8, 4) is 0 Å². The van der Waals surface area contributed by atoms with E-state index in [0.29, 0.717) is 19.5 Å². The smallest absolute Gasteiger partial charge is 0.335 e.